The van der Waals surface area contributed by atoms with Gasteiger partial charge in [-0.1, -0.05) is 51.9 Å². The summed E-state index contributed by atoms with van der Waals surface area (Å²) in [6.07, 6.45) is 10.8. The summed E-state index contributed by atoms with van der Waals surface area (Å²) in [6, 6.07) is 0. The Hall–Kier alpha value is -0.130. The molecule has 20 heavy (non-hydrogen) atoms. The molecule has 0 spiro atoms. The summed E-state index contributed by atoms with van der Waals surface area (Å²) in [5.74, 6) is 0. The third kappa shape index (κ3) is 11.7. The van der Waals surface area contributed by atoms with Crippen molar-refractivity contribution in [3.8, 4) is 0 Å². The maximum atomic E-state index is 10.8. The topological polar surface area (TPSA) is 74.6 Å². The average Bonchev–Trinajstić information content (AvgIpc) is 2.36. The average molecular weight is 308 g/mol. The van der Waals surface area contributed by atoms with Crippen molar-refractivity contribution >= 4 is 10.1 Å². The minimum Gasteiger partial charge on any atom is -0.393 e. The predicted octanol–water partition coefficient (Wildman–Crippen LogP) is 3.93. The number of aliphatic hydroxyl groups excluding tert-OH is 1. The Labute approximate surface area is 124 Å². The molecule has 122 valence electrons. The molecule has 0 rings (SSSR count). The van der Waals surface area contributed by atoms with Gasteiger partial charge in [-0.25, -0.2) is 0 Å². The van der Waals surface area contributed by atoms with Gasteiger partial charge in [0.25, 0.3) is 10.1 Å². The molecule has 0 aromatic rings. The predicted molar refractivity (Wildman–Crippen MR) is 83.5 cm³/mol. The van der Waals surface area contributed by atoms with E-state index < -0.39 is 15.4 Å². The maximum Gasteiger partial charge on any atom is 0.267 e. The summed E-state index contributed by atoms with van der Waals surface area (Å²) >= 11 is 0. The summed E-state index contributed by atoms with van der Waals surface area (Å²) in [4.78, 5) is 0. The molecule has 0 saturated heterocycles. The first-order valence-corrected chi connectivity index (χ1v) is 9.52. The third-order valence-corrected chi connectivity index (χ3v) is 5.05. The number of rotatable bonds is 13. The largest absolute Gasteiger partial charge is 0.393 e. The highest BCUT2D eigenvalue weighted by Gasteiger charge is 2.17. The standard InChI is InChI=1S/C15H32O4S/c1-3-4-5-6-7-8-9-12-15(16)13-10-11-14(2)20(17,18)19/h14-16H,3-13H2,1-2H3,(H,17,18,19). The number of unbranched alkanes of at least 4 members (excludes halogenated alkanes) is 6. The van der Waals surface area contributed by atoms with Crippen molar-refractivity contribution in [2.45, 2.75) is 95.8 Å². The highest BCUT2D eigenvalue weighted by molar-refractivity contribution is 7.86. The summed E-state index contributed by atoms with van der Waals surface area (Å²) < 4.78 is 30.5. The van der Waals surface area contributed by atoms with Crippen LogP contribution in [0.2, 0.25) is 0 Å². The number of hydrogen-bond acceptors (Lipinski definition) is 3. The van der Waals surface area contributed by atoms with Gasteiger partial charge in [-0.15, -0.1) is 0 Å². The van der Waals surface area contributed by atoms with Crippen LogP contribution in [0.5, 0.6) is 0 Å². The quantitative estimate of drug-likeness (QED) is 0.399. The van der Waals surface area contributed by atoms with E-state index in [2.05, 4.69) is 6.92 Å². The van der Waals surface area contributed by atoms with Crippen LogP contribution in [-0.4, -0.2) is 29.4 Å². The second-order valence-electron chi connectivity index (χ2n) is 5.82. The minimum absolute atomic E-state index is 0.334. The molecule has 0 heterocycles. The molecule has 0 saturated carbocycles. The highest BCUT2D eigenvalue weighted by atomic mass is 32.2. The van der Waals surface area contributed by atoms with Crippen molar-refractivity contribution in [3.05, 3.63) is 0 Å². The second kappa shape index (κ2) is 11.5. The van der Waals surface area contributed by atoms with Gasteiger partial charge in [0.05, 0.1) is 11.4 Å². The first-order valence-electron chi connectivity index (χ1n) is 8.02. The van der Waals surface area contributed by atoms with Crippen molar-refractivity contribution in [1.82, 2.24) is 0 Å². The molecule has 0 fully saturated rings. The monoisotopic (exact) mass is 308 g/mol. The van der Waals surface area contributed by atoms with Gasteiger partial charge >= 0.3 is 0 Å². The lowest BCUT2D eigenvalue weighted by atomic mass is 10.0. The van der Waals surface area contributed by atoms with Gasteiger partial charge in [0.15, 0.2) is 0 Å². The Morgan fingerprint density at radius 1 is 0.850 bits per heavy atom. The molecule has 0 aliphatic carbocycles. The molecule has 0 bridgehead atoms. The Morgan fingerprint density at radius 2 is 1.35 bits per heavy atom. The molecular weight excluding hydrogens is 276 g/mol. The zero-order chi connectivity index (χ0) is 15.4. The van der Waals surface area contributed by atoms with Crippen molar-refractivity contribution in [3.63, 3.8) is 0 Å². The zero-order valence-electron chi connectivity index (χ0n) is 13.1. The van der Waals surface area contributed by atoms with E-state index in [1.165, 1.54) is 45.4 Å². The molecule has 0 aliphatic rings. The SMILES string of the molecule is CCCCCCCCCC(O)CCCC(C)S(=O)(=O)O. The van der Waals surface area contributed by atoms with Gasteiger partial charge in [-0.05, 0) is 32.6 Å². The molecule has 4 nitrogen and oxygen atoms in total. The number of hydrogen-bond donors (Lipinski definition) is 2. The molecule has 0 amide bonds. The van der Waals surface area contributed by atoms with Crippen LogP contribution < -0.4 is 0 Å². The van der Waals surface area contributed by atoms with Gasteiger partial charge in [-0.2, -0.15) is 8.42 Å². The molecule has 2 N–H and O–H groups in total. The van der Waals surface area contributed by atoms with E-state index in [1.54, 1.807) is 0 Å². The summed E-state index contributed by atoms with van der Waals surface area (Å²) in [6.45, 7) is 3.71. The van der Waals surface area contributed by atoms with Crippen LogP contribution in [0.15, 0.2) is 0 Å². The van der Waals surface area contributed by atoms with Gasteiger partial charge in [0, 0.05) is 0 Å². The van der Waals surface area contributed by atoms with E-state index in [-0.39, 0.29) is 6.10 Å². The minimum atomic E-state index is -3.91. The lowest BCUT2D eigenvalue weighted by Crippen LogP contribution is -2.17. The fraction of sp³-hybridized carbons (Fsp3) is 1.00. The van der Waals surface area contributed by atoms with Crippen LogP contribution in [-0.2, 0) is 10.1 Å². The van der Waals surface area contributed by atoms with Crippen molar-refractivity contribution < 1.29 is 18.1 Å². The van der Waals surface area contributed by atoms with E-state index in [0.29, 0.717) is 19.3 Å². The molecular formula is C15H32O4S. The normalized spacial score (nSPS) is 15.2. The van der Waals surface area contributed by atoms with Gasteiger partial charge in [-0.3, -0.25) is 4.55 Å². The molecule has 2 atom stereocenters. The van der Waals surface area contributed by atoms with E-state index in [9.17, 15) is 13.5 Å². The van der Waals surface area contributed by atoms with Crippen LogP contribution in [0, 0.1) is 0 Å². The fourth-order valence-electron chi connectivity index (χ4n) is 2.27. The van der Waals surface area contributed by atoms with E-state index in [4.69, 9.17) is 4.55 Å². The van der Waals surface area contributed by atoms with Crippen LogP contribution in [0.4, 0.5) is 0 Å². The smallest absolute Gasteiger partial charge is 0.267 e. The zero-order valence-corrected chi connectivity index (χ0v) is 13.9. The molecule has 0 radical (unpaired) electrons. The van der Waals surface area contributed by atoms with Crippen molar-refractivity contribution in [1.29, 1.82) is 0 Å². The van der Waals surface area contributed by atoms with E-state index in [1.807, 2.05) is 0 Å². The van der Waals surface area contributed by atoms with Crippen LogP contribution in [0.3, 0.4) is 0 Å². The van der Waals surface area contributed by atoms with Gasteiger partial charge < -0.3 is 5.11 Å². The Morgan fingerprint density at radius 3 is 1.90 bits per heavy atom. The fourth-order valence-corrected chi connectivity index (χ4v) is 2.74. The van der Waals surface area contributed by atoms with Crippen LogP contribution in [0.1, 0.15) is 84.5 Å². The van der Waals surface area contributed by atoms with Crippen molar-refractivity contribution in [2.24, 2.45) is 0 Å². The molecule has 0 aromatic carbocycles. The second-order valence-corrected chi connectivity index (χ2v) is 7.65. The van der Waals surface area contributed by atoms with Crippen LogP contribution >= 0.6 is 0 Å². The van der Waals surface area contributed by atoms with Gasteiger partial charge in [0.2, 0.25) is 0 Å². The Kier molecular flexibility index (Phi) is 11.4. The molecule has 0 aromatic heterocycles. The maximum absolute atomic E-state index is 10.8. The van der Waals surface area contributed by atoms with Crippen molar-refractivity contribution in [2.75, 3.05) is 0 Å². The third-order valence-electron chi connectivity index (χ3n) is 3.80. The first kappa shape index (κ1) is 19.9. The van der Waals surface area contributed by atoms with Crippen LogP contribution in [0.25, 0.3) is 0 Å². The summed E-state index contributed by atoms with van der Waals surface area (Å²) in [5, 5.41) is 9.07. The Balaban J connectivity index is 3.44. The van der Waals surface area contributed by atoms with E-state index >= 15 is 0 Å². The molecule has 2 unspecified atom stereocenters. The van der Waals surface area contributed by atoms with Gasteiger partial charge in [0.1, 0.15) is 0 Å². The summed E-state index contributed by atoms with van der Waals surface area (Å²) in [5.41, 5.74) is 0. The summed E-state index contributed by atoms with van der Waals surface area (Å²) in [7, 11) is -3.91. The first-order chi connectivity index (χ1) is 9.38. The lowest BCUT2D eigenvalue weighted by molar-refractivity contribution is 0.147. The Bertz CT molecular complexity index is 314. The number of aliphatic hydroxyl groups is 1. The lowest BCUT2D eigenvalue weighted by Gasteiger charge is -2.12. The molecule has 5 heteroatoms. The highest BCUT2D eigenvalue weighted by Crippen LogP contribution is 2.14. The molecule has 0 aliphatic heterocycles. The van der Waals surface area contributed by atoms with E-state index in [0.717, 1.165) is 12.8 Å².